The average molecular weight is 242 g/mol. The van der Waals surface area contributed by atoms with E-state index in [1.165, 1.54) is 0 Å². The third-order valence-electron chi connectivity index (χ3n) is 3.09. The van der Waals surface area contributed by atoms with E-state index in [-0.39, 0.29) is 24.0 Å². The Hall–Kier alpha value is -1.10. The number of hydrogen-bond acceptors (Lipinski definition) is 3. The minimum atomic E-state index is -0.249. The summed E-state index contributed by atoms with van der Waals surface area (Å²) >= 11 is 0. The molecule has 0 radical (unpaired) electrons. The van der Waals surface area contributed by atoms with Crippen molar-refractivity contribution < 1.29 is 14.3 Å². The minimum absolute atomic E-state index is 0.249. The lowest BCUT2D eigenvalue weighted by molar-refractivity contribution is -0.119. The van der Waals surface area contributed by atoms with Gasteiger partial charge < -0.3 is 16.2 Å². The summed E-state index contributed by atoms with van der Waals surface area (Å²) in [6, 6.07) is 0. The van der Waals surface area contributed by atoms with Gasteiger partial charge in [0.1, 0.15) is 0 Å². The van der Waals surface area contributed by atoms with Crippen molar-refractivity contribution in [1.29, 1.82) is 0 Å². The van der Waals surface area contributed by atoms with Gasteiger partial charge in [-0.25, -0.2) is 0 Å². The second-order valence-electron chi connectivity index (χ2n) is 4.67. The van der Waals surface area contributed by atoms with Crippen LogP contribution in [0.25, 0.3) is 0 Å². The highest BCUT2D eigenvalue weighted by atomic mass is 16.5. The number of ether oxygens (including phenoxy) is 1. The normalized spacial score (nSPS) is 23.8. The van der Waals surface area contributed by atoms with Gasteiger partial charge in [0.25, 0.3) is 0 Å². The molecule has 17 heavy (non-hydrogen) atoms. The summed E-state index contributed by atoms with van der Waals surface area (Å²) in [5.74, 6) is -0.498. The quantitative estimate of drug-likeness (QED) is 0.660. The van der Waals surface area contributed by atoms with Crippen molar-refractivity contribution in [2.75, 3.05) is 0 Å². The monoisotopic (exact) mass is 242 g/mol. The van der Waals surface area contributed by atoms with Crippen molar-refractivity contribution in [3.05, 3.63) is 0 Å². The fraction of sp³-hybridized carbons (Fsp3) is 0.833. The number of carbonyl (C=O) groups is 2. The molecule has 0 bridgehead atoms. The molecule has 2 amide bonds. The van der Waals surface area contributed by atoms with Crippen LogP contribution in [0.2, 0.25) is 0 Å². The lowest BCUT2D eigenvalue weighted by atomic mass is 10.1. The molecule has 0 aromatic rings. The Labute approximate surface area is 102 Å². The summed E-state index contributed by atoms with van der Waals surface area (Å²) in [4.78, 5) is 21.2. The van der Waals surface area contributed by atoms with Crippen LogP contribution in [-0.2, 0) is 14.3 Å². The molecule has 98 valence electrons. The molecule has 0 aromatic heterocycles. The molecule has 5 nitrogen and oxygen atoms in total. The van der Waals surface area contributed by atoms with Crippen LogP contribution in [0.15, 0.2) is 0 Å². The van der Waals surface area contributed by atoms with Crippen molar-refractivity contribution in [1.82, 2.24) is 0 Å². The van der Waals surface area contributed by atoms with Crippen molar-refractivity contribution in [3.8, 4) is 0 Å². The van der Waals surface area contributed by atoms with Crippen LogP contribution in [-0.4, -0.2) is 24.0 Å². The van der Waals surface area contributed by atoms with Gasteiger partial charge in [-0.1, -0.05) is 0 Å². The van der Waals surface area contributed by atoms with Crippen LogP contribution in [0.3, 0.4) is 0 Å². The molecule has 1 aliphatic rings. The topological polar surface area (TPSA) is 95.4 Å². The molecule has 5 heteroatoms. The first-order valence-electron chi connectivity index (χ1n) is 6.30. The number of amides is 2. The van der Waals surface area contributed by atoms with Gasteiger partial charge in [0.05, 0.1) is 12.2 Å². The van der Waals surface area contributed by atoms with E-state index in [1.807, 2.05) is 0 Å². The van der Waals surface area contributed by atoms with E-state index in [0.29, 0.717) is 12.8 Å². The molecule has 4 N–H and O–H groups in total. The fourth-order valence-electron chi connectivity index (χ4n) is 2.21. The molecular formula is C12H22N2O3. The third kappa shape index (κ3) is 6.26. The highest BCUT2D eigenvalue weighted by Crippen LogP contribution is 2.26. The first kappa shape index (κ1) is 14.0. The van der Waals surface area contributed by atoms with Crippen LogP contribution < -0.4 is 11.5 Å². The summed E-state index contributed by atoms with van der Waals surface area (Å²) in [6.45, 7) is 0. The summed E-state index contributed by atoms with van der Waals surface area (Å²) in [6.07, 6.45) is 6.87. The van der Waals surface area contributed by atoms with Crippen LogP contribution in [0.1, 0.15) is 51.4 Å². The Morgan fingerprint density at radius 3 is 1.71 bits per heavy atom. The molecule has 0 saturated carbocycles. The Kier molecular flexibility index (Phi) is 5.97. The Morgan fingerprint density at radius 1 is 0.941 bits per heavy atom. The average Bonchev–Trinajstić information content (AvgIpc) is 2.65. The predicted octanol–water partition coefficient (Wildman–Crippen LogP) is 0.845. The highest BCUT2D eigenvalue weighted by molar-refractivity contribution is 5.73. The van der Waals surface area contributed by atoms with Gasteiger partial charge in [0, 0.05) is 12.8 Å². The van der Waals surface area contributed by atoms with Crippen LogP contribution in [0, 0.1) is 0 Å². The SMILES string of the molecule is NC(=O)CCCC1CCC(CCCC(N)=O)O1. The second-order valence-corrected chi connectivity index (χ2v) is 4.67. The zero-order chi connectivity index (χ0) is 12.7. The molecule has 2 unspecified atom stereocenters. The summed E-state index contributed by atoms with van der Waals surface area (Å²) < 4.78 is 5.82. The maximum atomic E-state index is 10.6. The zero-order valence-electron chi connectivity index (χ0n) is 10.2. The van der Waals surface area contributed by atoms with E-state index in [2.05, 4.69) is 0 Å². The van der Waals surface area contributed by atoms with Crippen LogP contribution in [0.5, 0.6) is 0 Å². The predicted molar refractivity (Wildman–Crippen MR) is 64.0 cm³/mol. The lowest BCUT2D eigenvalue weighted by Crippen LogP contribution is -2.15. The van der Waals surface area contributed by atoms with Crippen molar-refractivity contribution in [2.45, 2.75) is 63.6 Å². The van der Waals surface area contributed by atoms with Crippen LogP contribution >= 0.6 is 0 Å². The molecule has 0 aliphatic carbocycles. The maximum absolute atomic E-state index is 10.6. The summed E-state index contributed by atoms with van der Waals surface area (Å²) in [5, 5.41) is 0. The first-order chi connectivity index (χ1) is 8.08. The smallest absolute Gasteiger partial charge is 0.217 e. The number of hydrogen-bond donors (Lipinski definition) is 2. The van der Waals surface area contributed by atoms with Gasteiger partial charge in [-0.15, -0.1) is 0 Å². The molecular weight excluding hydrogens is 220 g/mol. The molecule has 1 fully saturated rings. The van der Waals surface area contributed by atoms with Crippen molar-refractivity contribution >= 4 is 11.8 Å². The number of rotatable bonds is 8. The Bertz CT molecular complexity index is 242. The van der Waals surface area contributed by atoms with Gasteiger partial charge in [-0.05, 0) is 38.5 Å². The van der Waals surface area contributed by atoms with E-state index in [9.17, 15) is 9.59 Å². The van der Waals surface area contributed by atoms with Gasteiger partial charge >= 0.3 is 0 Å². The van der Waals surface area contributed by atoms with Gasteiger partial charge in [0.2, 0.25) is 11.8 Å². The molecule has 0 spiro atoms. The Morgan fingerprint density at radius 2 is 1.35 bits per heavy atom. The maximum Gasteiger partial charge on any atom is 0.217 e. The van der Waals surface area contributed by atoms with Gasteiger partial charge in [-0.3, -0.25) is 9.59 Å². The first-order valence-corrected chi connectivity index (χ1v) is 6.30. The summed E-state index contributed by atoms with van der Waals surface area (Å²) in [7, 11) is 0. The van der Waals surface area contributed by atoms with E-state index in [4.69, 9.17) is 16.2 Å². The summed E-state index contributed by atoms with van der Waals surface area (Å²) in [5.41, 5.74) is 10.2. The number of nitrogens with two attached hydrogens (primary N) is 2. The van der Waals surface area contributed by atoms with Crippen LogP contribution in [0.4, 0.5) is 0 Å². The standard InChI is InChI=1S/C12H22N2O3/c13-11(15)5-1-3-9-7-8-10(17-9)4-2-6-12(14)16/h9-10H,1-8H2,(H2,13,15)(H2,14,16). The molecule has 1 saturated heterocycles. The second kappa shape index (κ2) is 7.27. The van der Waals surface area contributed by atoms with Gasteiger partial charge in [-0.2, -0.15) is 0 Å². The minimum Gasteiger partial charge on any atom is -0.375 e. The molecule has 1 heterocycles. The molecule has 1 rings (SSSR count). The van der Waals surface area contributed by atoms with E-state index in [1.54, 1.807) is 0 Å². The zero-order valence-corrected chi connectivity index (χ0v) is 10.2. The van der Waals surface area contributed by atoms with E-state index in [0.717, 1.165) is 38.5 Å². The number of primary amides is 2. The highest BCUT2D eigenvalue weighted by Gasteiger charge is 2.24. The van der Waals surface area contributed by atoms with Crippen molar-refractivity contribution in [3.63, 3.8) is 0 Å². The number of carbonyl (C=O) groups excluding carboxylic acids is 2. The van der Waals surface area contributed by atoms with E-state index < -0.39 is 0 Å². The lowest BCUT2D eigenvalue weighted by Gasteiger charge is -2.12. The van der Waals surface area contributed by atoms with E-state index >= 15 is 0 Å². The fourth-order valence-corrected chi connectivity index (χ4v) is 2.21. The molecule has 2 atom stereocenters. The molecule has 0 aromatic carbocycles. The Balaban J connectivity index is 2.06. The largest absolute Gasteiger partial charge is 0.375 e. The third-order valence-corrected chi connectivity index (χ3v) is 3.09. The van der Waals surface area contributed by atoms with Crippen molar-refractivity contribution in [2.24, 2.45) is 11.5 Å². The van der Waals surface area contributed by atoms with Gasteiger partial charge in [0.15, 0.2) is 0 Å². The molecule has 1 aliphatic heterocycles.